The predicted octanol–water partition coefficient (Wildman–Crippen LogP) is 1.92. The van der Waals surface area contributed by atoms with Gasteiger partial charge in [0.05, 0.1) is 6.26 Å². The molecule has 2 atom stereocenters. The van der Waals surface area contributed by atoms with Crippen molar-refractivity contribution in [3.8, 4) is 0 Å². The number of thioether (sulfide) groups is 1. The van der Waals surface area contributed by atoms with Crippen molar-refractivity contribution in [2.75, 3.05) is 25.1 Å². The molecule has 0 unspecified atom stereocenters. The molecular weight excluding hydrogens is 280 g/mol. The number of hydrogen-bond acceptors (Lipinski definition) is 4. The van der Waals surface area contributed by atoms with Gasteiger partial charge in [0.2, 0.25) is 10.0 Å². The molecule has 0 saturated carbocycles. The van der Waals surface area contributed by atoms with Crippen LogP contribution in [0.15, 0.2) is 0 Å². The van der Waals surface area contributed by atoms with Crippen LogP contribution in [0.1, 0.15) is 40.5 Å². The minimum Gasteiger partial charge on any atom is -0.312 e. The summed E-state index contributed by atoms with van der Waals surface area (Å²) < 4.78 is 25.2. The van der Waals surface area contributed by atoms with Gasteiger partial charge in [0.15, 0.2) is 0 Å². The molecule has 1 saturated heterocycles. The van der Waals surface area contributed by atoms with Crippen LogP contribution in [-0.2, 0) is 10.0 Å². The Labute approximate surface area is 122 Å². The smallest absolute Gasteiger partial charge is 0.211 e. The number of nitrogens with zero attached hydrogens (tertiary/aromatic N) is 1. The summed E-state index contributed by atoms with van der Waals surface area (Å²) >= 11 is 1.94. The summed E-state index contributed by atoms with van der Waals surface area (Å²) in [5, 5.41) is 3.47. The summed E-state index contributed by atoms with van der Waals surface area (Å²) in [4.78, 5) is 0. The summed E-state index contributed by atoms with van der Waals surface area (Å²) in [6.07, 6.45) is 3.26. The van der Waals surface area contributed by atoms with Gasteiger partial charge in [-0.1, -0.05) is 20.8 Å². The highest BCUT2D eigenvalue weighted by atomic mass is 32.2. The van der Waals surface area contributed by atoms with Crippen LogP contribution in [0.4, 0.5) is 0 Å². The number of nitrogens with one attached hydrogen (secondary N) is 1. The maximum Gasteiger partial charge on any atom is 0.211 e. The molecule has 0 aliphatic carbocycles. The fraction of sp³-hybridized carbons (Fsp3) is 1.00. The number of rotatable bonds is 6. The van der Waals surface area contributed by atoms with E-state index in [4.69, 9.17) is 0 Å². The van der Waals surface area contributed by atoms with Crippen LogP contribution in [-0.4, -0.2) is 54.7 Å². The largest absolute Gasteiger partial charge is 0.312 e. The van der Waals surface area contributed by atoms with Crippen LogP contribution in [0.2, 0.25) is 0 Å². The summed E-state index contributed by atoms with van der Waals surface area (Å²) in [5.41, 5.74) is 0. The zero-order chi connectivity index (χ0) is 14.7. The lowest BCUT2D eigenvalue weighted by atomic mass is 10.2. The predicted molar refractivity (Wildman–Crippen MR) is 84.2 cm³/mol. The third-order valence-electron chi connectivity index (χ3n) is 3.22. The Balaban J connectivity index is 2.36. The zero-order valence-electron chi connectivity index (χ0n) is 12.8. The van der Waals surface area contributed by atoms with E-state index in [0.717, 1.165) is 25.1 Å². The van der Waals surface area contributed by atoms with Gasteiger partial charge in [-0.15, -0.1) is 0 Å². The van der Waals surface area contributed by atoms with E-state index < -0.39 is 10.0 Å². The molecule has 1 heterocycles. The molecule has 0 spiro atoms. The Morgan fingerprint density at radius 1 is 1.42 bits per heavy atom. The van der Waals surface area contributed by atoms with Gasteiger partial charge >= 0.3 is 0 Å². The van der Waals surface area contributed by atoms with E-state index >= 15 is 0 Å². The fourth-order valence-corrected chi connectivity index (χ4v) is 4.27. The van der Waals surface area contributed by atoms with Crippen LogP contribution < -0.4 is 5.32 Å². The first-order valence-electron chi connectivity index (χ1n) is 6.94. The molecule has 1 rings (SSSR count). The minimum absolute atomic E-state index is 0.136. The van der Waals surface area contributed by atoms with Crippen molar-refractivity contribution in [1.82, 2.24) is 9.62 Å². The molecule has 0 aromatic carbocycles. The van der Waals surface area contributed by atoms with E-state index in [2.05, 4.69) is 33.0 Å². The molecule has 6 heteroatoms. The van der Waals surface area contributed by atoms with Crippen molar-refractivity contribution in [3.63, 3.8) is 0 Å². The molecule has 19 heavy (non-hydrogen) atoms. The van der Waals surface area contributed by atoms with Crippen molar-refractivity contribution in [1.29, 1.82) is 0 Å². The van der Waals surface area contributed by atoms with E-state index in [9.17, 15) is 8.42 Å². The molecule has 0 bridgehead atoms. The maximum absolute atomic E-state index is 11.6. The molecule has 0 aromatic heterocycles. The highest BCUT2D eigenvalue weighted by molar-refractivity contribution is 8.00. The first-order valence-corrected chi connectivity index (χ1v) is 9.77. The zero-order valence-corrected chi connectivity index (χ0v) is 14.4. The lowest BCUT2D eigenvalue weighted by Crippen LogP contribution is -2.44. The lowest BCUT2D eigenvalue weighted by Gasteiger charge is -2.25. The Morgan fingerprint density at radius 2 is 2.05 bits per heavy atom. The van der Waals surface area contributed by atoms with Crippen LogP contribution in [0, 0.1) is 0 Å². The highest BCUT2D eigenvalue weighted by Crippen LogP contribution is 2.24. The van der Waals surface area contributed by atoms with Crippen molar-refractivity contribution in [2.24, 2.45) is 0 Å². The molecule has 1 N–H and O–H groups in total. The van der Waals surface area contributed by atoms with Gasteiger partial charge in [0.1, 0.15) is 0 Å². The SMILES string of the molecule is C[C@@H](CSC(C)(C)C)NC[C@H]1CCCN1S(C)(=O)=O. The Kier molecular flexibility index (Phi) is 6.17. The highest BCUT2D eigenvalue weighted by Gasteiger charge is 2.31. The van der Waals surface area contributed by atoms with Crippen molar-refractivity contribution in [2.45, 2.75) is 57.4 Å². The van der Waals surface area contributed by atoms with E-state index in [1.54, 1.807) is 4.31 Å². The second kappa shape index (κ2) is 6.78. The maximum atomic E-state index is 11.6. The fourth-order valence-electron chi connectivity index (χ4n) is 2.22. The summed E-state index contributed by atoms with van der Waals surface area (Å²) in [5.74, 6) is 1.05. The molecule has 1 aliphatic rings. The number of sulfonamides is 1. The third-order valence-corrected chi connectivity index (χ3v) is 6.08. The monoisotopic (exact) mass is 308 g/mol. The molecule has 0 amide bonds. The quantitative estimate of drug-likeness (QED) is 0.814. The molecule has 4 nitrogen and oxygen atoms in total. The van der Waals surface area contributed by atoms with Gasteiger partial charge in [-0.3, -0.25) is 0 Å². The standard InChI is InChI=1S/C13H28N2O2S2/c1-11(10-18-13(2,3)4)14-9-12-7-6-8-15(12)19(5,16)17/h11-12,14H,6-10H2,1-5H3/t11-,12+/m0/s1. The molecule has 114 valence electrons. The molecule has 0 aromatic rings. The third kappa shape index (κ3) is 6.47. The van der Waals surface area contributed by atoms with Gasteiger partial charge in [-0.05, 0) is 19.8 Å². The van der Waals surface area contributed by atoms with Gasteiger partial charge in [-0.2, -0.15) is 16.1 Å². The Morgan fingerprint density at radius 3 is 2.58 bits per heavy atom. The van der Waals surface area contributed by atoms with E-state index in [0.29, 0.717) is 12.6 Å². The van der Waals surface area contributed by atoms with E-state index in [1.165, 1.54) is 6.26 Å². The van der Waals surface area contributed by atoms with Gasteiger partial charge in [0.25, 0.3) is 0 Å². The second-order valence-electron chi connectivity index (χ2n) is 6.40. The molecule has 1 aliphatic heterocycles. The Hall–Kier alpha value is 0.220. The lowest BCUT2D eigenvalue weighted by molar-refractivity contribution is 0.366. The normalized spacial score (nSPS) is 23.7. The van der Waals surface area contributed by atoms with E-state index in [1.807, 2.05) is 11.8 Å². The average molecular weight is 309 g/mol. The van der Waals surface area contributed by atoms with Crippen molar-refractivity contribution >= 4 is 21.8 Å². The topological polar surface area (TPSA) is 49.4 Å². The molecule has 1 fully saturated rings. The van der Waals surface area contributed by atoms with E-state index in [-0.39, 0.29) is 10.8 Å². The average Bonchev–Trinajstić information content (AvgIpc) is 2.70. The van der Waals surface area contributed by atoms with Gasteiger partial charge < -0.3 is 5.32 Å². The van der Waals surface area contributed by atoms with Crippen LogP contribution in [0.25, 0.3) is 0 Å². The van der Waals surface area contributed by atoms with Crippen LogP contribution in [0.3, 0.4) is 0 Å². The Bertz CT molecular complexity index is 377. The summed E-state index contributed by atoms with van der Waals surface area (Å²) in [6, 6.07) is 0.545. The number of hydrogen-bond donors (Lipinski definition) is 1. The van der Waals surface area contributed by atoms with Crippen LogP contribution in [0.5, 0.6) is 0 Å². The minimum atomic E-state index is -3.05. The molecular formula is C13H28N2O2S2. The molecule has 0 radical (unpaired) electrons. The van der Waals surface area contributed by atoms with Crippen molar-refractivity contribution < 1.29 is 8.42 Å². The first kappa shape index (κ1) is 17.3. The van der Waals surface area contributed by atoms with Gasteiger partial charge in [0, 0.05) is 35.7 Å². The van der Waals surface area contributed by atoms with Crippen LogP contribution >= 0.6 is 11.8 Å². The van der Waals surface area contributed by atoms with Gasteiger partial charge in [-0.25, -0.2) is 8.42 Å². The summed E-state index contributed by atoms with van der Waals surface area (Å²) in [7, 11) is -3.05. The first-order chi connectivity index (χ1) is 8.59. The van der Waals surface area contributed by atoms with Crippen molar-refractivity contribution in [3.05, 3.63) is 0 Å². The second-order valence-corrected chi connectivity index (χ2v) is 10.2. The summed E-state index contributed by atoms with van der Waals surface area (Å²) in [6.45, 7) is 10.2.